The van der Waals surface area contributed by atoms with Crippen molar-refractivity contribution in [3.05, 3.63) is 22.6 Å². The lowest BCUT2D eigenvalue weighted by Gasteiger charge is -2.37. The first-order valence-corrected chi connectivity index (χ1v) is 6.22. The molecule has 1 amide bonds. The Bertz CT molecular complexity index is 344. The van der Waals surface area contributed by atoms with Gasteiger partial charge in [-0.25, -0.2) is 0 Å². The van der Waals surface area contributed by atoms with Gasteiger partial charge >= 0.3 is 0 Å². The molecule has 1 fully saturated rings. The van der Waals surface area contributed by atoms with Crippen molar-refractivity contribution >= 4 is 37.8 Å². The highest BCUT2D eigenvalue weighted by Gasteiger charge is 2.31. The topological polar surface area (TPSA) is 33.5 Å². The Hall–Kier alpha value is -0.290. The zero-order chi connectivity index (χ0) is 10.1. The van der Waals surface area contributed by atoms with Gasteiger partial charge in [-0.2, -0.15) is 0 Å². The maximum absolute atomic E-state index is 11.7. The molecule has 0 aliphatic carbocycles. The summed E-state index contributed by atoms with van der Waals surface area (Å²) in [5.74, 6) is 0.982. The van der Waals surface area contributed by atoms with Crippen LogP contribution in [0.5, 0.6) is 0 Å². The highest BCUT2D eigenvalue weighted by Crippen LogP contribution is 2.22. The van der Waals surface area contributed by atoms with Gasteiger partial charge < -0.3 is 9.32 Å². The largest absolute Gasteiger partial charge is 0.444 e. The van der Waals surface area contributed by atoms with Crippen molar-refractivity contribution in [2.45, 2.75) is 0 Å². The number of furan rings is 1. The van der Waals surface area contributed by atoms with E-state index in [0.29, 0.717) is 16.3 Å². The predicted octanol–water partition coefficient (Wildman–Crippen LogP) is 2.51. The van der Waals surface area contributed by atoms with Gasteiger partial charge in [0.05, 0.1) is 0 Å². The molecule has 0 aromatic carbocycles. The highest BCUT2D eigenvalue weighted by atomic mass is 79.9. The van der Waals surface area contributed by atoms with Crippen molar-refractivity contribution in [2.75, 3.05) is 18.4 Å². The van der Waals surface area contributed by atoms with Gasteiger partial charge in [0.2, 0.25) is 0 Å². The number of nitrogens with zero attached hydrogens (tertiary/aromatic N) is 1. The Balaban J connectivity index is 1.97. The Labute approximate surface area is 98.7 Å². The normalized spacial score (nSPS) is 16.9. The minimum Gasteiger partial charge on any atom is -0.444 e. The summed E-state index contributed by atoms with van der Waals surface area (Å²) in [6.45, 7) is 1.64. The van der Waals surface area contributed by atoms with Crippen molar-refractivity contribution < 1.29 is 9.21 Å². The zero-order valence-corrected chi connectivity index (χ0v) is 10.5. The molecule has 0 N–H and O–H groups in total. The fourth-order valence-electron chi connectivity index (χ4n) is 1.42. The van der Waals surface area contributed by atoms with Crippen LogP contribution in [0.1, 0.15) is 10.6 Å². The molecular formula is C9H9Br2NO2. The summed E-state index contributed by atoms with van der Waals surface area (Å²) in [6, 6.07) is 3.42. The maximum atomic E-state index is 11.7. The van der Waals surface area contributed by atoms with E-state index < -0.39 is 0 Å². The molecule has 1 aliphatic heterocycles. The number of halogens is 2. The van der Waals surface area contributed by atoms with E-state index in [9.17, 15) is 4.79 Å². The molecule has 0 radical (unpaired) electrons. The van der Waals surface area contributed by atoms with Crippen LogP contribution < -0.4 is 0 Å². The molecule has 0 spiro atoms. The van der Waals surface area contributed by atoms with Gasteiger partial charge in [-0.05, 0) is 28.1 Å². The van der Waals surface area contributed by atoms with Gasteiger partial charge in [-0.15, -0.1) is 0 Å². The lowest BCUT2D eigenvalue weighted by atomic mass is 10.0. The van der Waals surface area contributed by atoms with Crippen LogP contribution in [0.3, 0.4) is 0 Å². The molecule has 1 aromatic rings. The first-order valence-electron chi connectivity index (χ1n) is 4.31. The molecule has 5 heteroatoms. The summed E-state index contributed by atoms with van der Waals surface area (Å²) in [7, 11) is 0. The minimum absolute atomic E-state index is 0.0205. The van der Waals surface area contributed by atoms with Gasteiger partial charge in [0.25, 0.3) is 5.91 Å². The number of carbonyl (C=O) groups excluding carboxylic acids is 1. The van der Waals surface area contributed by atoms with Crippen molar-refractivity contribution in [1.29, 1.82) is 0 Å². The van der Waals surface area contributed by atoms with E-state index in [1.807, 2.05) is 0 Å². The maximum Gasteiger partial charge on any atom is 0.289 e. The van der Waals surface area contributed by atoms with E-state index in [1.165, 1.54) is 0 Å². The average molecular weight is 323 g/mol. The lowest BCUT2D eigenvalue weighted by molar-refractivity contribution is 0.0505. The van der Waals surface area contributed by atoms with Gasteiger partial charge in [0.15, 0.2) is 10.4 Å². The van der Waals surface area contributed by atoms with E-state index in [1.54, 1.807) is 17.0 Å². The Morgan fingerprint density at radius 1 is 1.57 bits per heavy atom. The van der Waals surface area contributed by atoms with Crippen molar-refractivity contribution in [3.63, 3.8) is 0 Å². The Morgan fingerprint density at radius 3 is 2.79 bits per heavy atom. The molecule has 76 valence electrons. The molecule has 3 nitrogen and oxygen atoms in total. The molecule has 1 aromatic heterocycles. The van der Waals surface area contributed by atoms with Crippen LogP contribution in [0, 0.1) is 5.92 Å². The molecule has 14 heavy (non-hydrogen) atoms. The number of rotatable bonds is 2. The second-order valence-corrected chi connectivity index (χ2v) is 4.76. The monoisotopic (exact) mass is 321 g/mol. The van der Waals surface area contributed by atoms with E-state index in [0.717, 1.165) is 18.4 Å². The van der Waals surface area contributed by atoms with Crippen LogP contribution in [0.2, 0.25) is 0 Å². The average Bonchev–Trinajstić information content (AvgIpc) is 2.49. The van der Waals surface area contributed by atoms with Crippen LogP contribution in [-0.2, 0) is 0 Å². The smallest absolute Gasteiger partial charge is 0.289 e. The van der Waals surface area contributed by atoms with Crippen LogP contribution in [0.15, 0.2) is 21.2 Å². The summed E-state index contributed by atoms with van der Waals surface area (Å²) in [4.78, 5) is 13.5. The summed E-state index contributed by atoms with van der Waals surface area (Å²) in [6.07, 6.45) is 0. The SMILES string of the molecule is O=C(c1ccc(Br)o1)N1CC(CBr)C1. The molecule has 0 saturated carbocycles. The van der Waals surface area contributed by atoms with Crippen LogP contribution in [0.4, 0.5) is 0 Å². The molecule has 2 rings (SSSR count). The van der Waals surface area contributed by atoms with E-state index in [-0.39, 0.29) is 5.91 Å². The van der Waals surface area contributed by atoms with Crippen LogP contribution in [0.25, 0.3) is 0 Å². The molecule has 2 heterocycles. The summed E-state index contributed by atoms with van der Waals surface area (Å²) in [5, 5.41) is 0.957. The number of likely N-dealkylation sites (tertiary alicyclic amines) is 1. The second kappa shape index (κ2) is 4.06. The second-order valence-electron chi connectivity index (χ2n) is 3.33. The first-order chi connectivity index (χ1) is 6.70. The number of carbonyl (C=O) groups is 1. The minimum atomic E-state index is -0.0205. The van der Waals surface area contributed by atoms with Gasteiger partial charge in [0.1, 0.15) is 0 Å². The molecule has 1 aliphatic rings. The van der Waals surface area contributed by atoms with Crippen LogP contribution >= 0.6 is 31.9 Å². The highest BCUT2D eigenvalue weighted by molar-refractivity contribution is 9.10. The third-order valence-electron chi connectivity index (χ3n) is 2.25. The fraction of sp³-hybridized carbons (Fsp3) is 0.444. The van der Waals surface area contributed by atoms with Crippen molar-refractivity contribution in [2.24, 2.45) is 5.92 Å². The van der Waals surface area contributed by atoms with Gasteiger partial charge in [-0.1, -0.05) is 15.9 Å². The Morgan fingerprint density at radius 2 is 2.29 bits per heavy atom. The first kappa shape index (κ1) is 10.2. The van der Waals surface area contributed by atoms with Crippen LogP contribution in [-0.4, -0.2) is 29.2 Å². The third kappa shape index (κ3) is 1.88. The zero-order valence-electron chi connectivity index (χ0n) is 7.37. The standard InChI is InChI=1S/C9H9Br2NO2/c10-3-6-4-12(5-6)9(13)7-1-2-8(11)14-7/h1-2,6H,3-5H2. The number of amides is 1. The fourth-order valence-corrected chi connectivity index (χ4v) is 2.13. The number of alkyl halides is 1. The predicted molar refractivity (Wildman–Crippen MR) is 59.6 cm³/mol. The number of hydrogen-bond acceptors (Lipinski definition) is 2. The lowest BCUT2D eigenvalue weighted by Crippen LogP contribution is -2.50. The Kier molecular flexibility index (Phi) is 2.97. The van der Waals surface area contributed by atoms with Gasteiger partial charge in [0, 0.05) is 24.3 Å². The van der Waals surface area contributed by atoms with Crippen molar-refractivity contribution in [1.82, 2.24) is 4.90 Å². The molecular weight excluding hydrogens is 314 g/mol. The van der Waals surface area contributed by atoms with E-state index in [4.69, 9.17) is 4.42 Å². The summed E-state index contributed by atoms with van der Waals surface area (Å²) < 4.78 is 5.78. The third-order valence-corrected chi connectivity index (χ3v) is 3.59. The van der Waals surface area contributed by atoms with E-state index >= 15 is 0 Å². The molecule has 1 saturated heterocycles. The number of hydrogen-bond donors (Lipinski definition) is 0. The quantitative estimate of drug-likeness (QED) is 0.784. The summed E-state index contributed by atoms with van der Waals surface area (Å²) in [5.41, 5.74) is 0. The molecule has 0 bridgehead atoms. The van der Waals surface area contributed by atoms with E-state index in [2.05, 4.69) is 31.9 Å². The molecule has 0 atom stereocenters. The summed E-state index contributed by atoms with van der Waals surface area (Å²) >= 11 is 6.56. The van der Waals surface area contributed by atoms with Gasteiger partial charge in [-0.3, -0.25) is 4.79 Å². The molecule has 0 unspecified atom stereocenters. The van der Waals surface area contributed by atoms with Crippen molar-refractivity contribution in [3.8, 4) is 0 Å².